The fraction of sp³-hybridized carbons (Fsp3) is 0.650. The van der Waals surface area contributed by atoms with E-state index in [-0.39, 0.29) is 5.91 Å². The summed E-state index contributed by atoms with van der Waals surface area (Å²) in [7, 11) is 1.72. The molecule has 0 bridgehead atoms. The molecule has 6 heteroatoms. The number of rotatable bonds is 9. The Kier molecular flexibility index (Phi) is 7.65. The molecule has 1 amide bonds. The van der Waals surface area contributed by atoms with Crippen molar-refractivity contribution in [1.82, 2.24) is 10.2 Å². The van der Waals surface area contributed by atoms with Crippen LogP contribution in [-0.4, -0.2) is 74.8 Å². The van der Waals surface area contributed by atoms with Crippen LogP contribution in [-0.2, 0) is 9.53 Å². The molecule has 2 heterocycles. The Balaban J connectivity index is 1.41. The number of methoxy groups -OCH3 is 1. The van der Waals surface area contributed by atoms with Crippen molar-refractivity contribution in [2.24, 2.45) is 5.92 Å². The molecule has 26 heavy (non-hydrogen) atoms. The van der Waals surface area contributed by atoms with Crippen LogP contribution in [0.5, 0.6) is 0 Å². The van der Waals surface area contributed by atoms with Crippen LogP contribution in [0.3, 0.4) is 0 Å². The molecule has 2 aliphatic rings. The Morgan fingerprint density at radius 3 is 2.92 bits per heavy atom. The molecule has 3 rings (SSSR count). The maximum atomic E-state index is 12.5. The molecule has 2 aliphatic heterocycles. The molecular weight excluding hydrogens is 346 g/mol. The predicted octanol–water partition coefficient (Wildman–Crippen LogP) is 2.08. The quantitative estimate of drug-likeness (QED) is 0.714. The second-order valence-electron chi connectivity index (χ2n) is 7.22. The fourth-order valence-corrected chi connectivity index (χ4v) is 5.04. The molecule has 0 radical (unpaired) electrons. The van der Waals surface area contributed by atoms with Gasteiger partial charge in [-0.1, -0.05) is 18.2 Å². The standard InChI is InChI=1S/C20H31N3O2S/c1-25-11-10-23(19-8-12-26-16-19)15-20(24)21-13-17-7-9-22(14-17)18-5-3-2-4-6-18/h2-6,17,19H,7-16H2,1H3,(H,21,24)/t17-,19+/m1/s1. The van der Waals surface area contributed by atoms with E-state index in [0.717, 1.165) is 38.4 Å². The van der Waals surface area contributed by atoms with Crippen molar-refractivity contribution in [3.8, 4) is 0 Å². The van der Waals surface area contributed by atoms with E-state index >= 15 is 0 Å². The first-order chi connectivity index (χ1) is 12.8. The van der Waals surface area contributed by atoms with Crippen LogP contribution < -0.4 is 10.2 Å². The van der Waals surface area contributed by atoms with E-state index in [4.69, 9.17) is 4.74 Å². The highest BCUT2D eigenvalue weighted by atomic mass is 32.2. The molecule has 5 nitrogen and oxygen atoms in total. The molecule has 0 aromatic heterocycles. The van der Waals surface area contributed by atoms with Crippen molar-refractivity contribution in [2.75, 3.05) is 62.8 Å². The number of anilines is 1. The van der Waals surface area contributed by atoms with Gasteiger partial charge in [-0.15, -0.1) is 0 Å². The van der Waals surface area contributed by atoms with Gasteiger partial charge in [0.2, 0.25) is 5.91 Å². The average molecular weight is 378 g/mol. The highest BCUT2D eigenvalue weighted by molar-refractivity contribution is 7.99. The third kappa shape index (κ3) is 5.63. The molecular formula is C20H31N3O2S. The average Bonchev–Trinajstić information content (AvgIpc) is 3.36. The summed E-state index contributed by atoms with van der Waals surface area (Å²) in [4.78, 5) is 17.2. The zero-order valence-electron chi connectivity index (χ0n) is 15.7. The number of benzene rings is 1. The van der Waals surface area contributed by atoms with Crippen molar-refractivity contribution < 1.29 is 9.53 Å². The number of carbonyl (C=O) groups excluding carboxylic acids is 1. The number of para-hydroxylation sites is 1. The summed E-state index contributed by atoms with van der Waals surface area (Å²) in [6.07, 6.45) is 2.32. The normalized spacial score (nSPS) is 22.9. The SMILES string of the molecule is COCCN(CC(=O)NC[C@H]1CCN(c2ccccc2)C1)[C@H]1CCSC1. The van der Waals surface area contributed by atoms with Gasteiger partial charge in [0.15, 0.2) is 0 Å². The first kappa shape index (κ1) is 19.5. The first-order valence-corrected chi connectivity index (χ1v) is 10.8. The molecule has 1 N–H and O–H groups in total. The number of hydrogen-bond donors (Lipinski definition) is 1. The van der Waals surface area contributed by atoms with Gasteiger partial charge in [0, 0.05) is 50.8 Å². The van der Waals surface area contributed by atoms with E-state index in [9.17, 15) is 4.79 Å². The van der Waals surface area contributed by atoms with E-state index in [2.05, 4.69) is 45.4 Å². The summed E-state index contributed by atoms with van der Waals surface area (Å²) >= 11 is 1.98. The maximum Gasteiger partial charge on any atom is 0.234 e. The van der Waals surface area contributed by atoms with E-state index in [1.54, 1.807) is 7.11 Å². The van der Waals surface area contributed by atoms with Crippen LogP contribution >= 0.6 is 11.8 Å². The third-order valence-electron chi connectivity index (χ3n) is 5.35. The smallest absolute Gasteiger partial charge is 0.234 e. The minimum Gasteiger partial charge on any atom is -0.383 e. The number of nitrogens with one attached hydrogen (secondary N) is 1. The zero-order chi connectivity index (χ0) is 18.2. The van der Waals surface area contributed by atoms with E-state index in [0.29, 0.717) is 25.1 Å². The summed E-state index contributed by atoms with van der Waals surface area (Å²) < 4.78 is 5.22. The second-order valence-corrected chi connectivity index (χ2v) is 8.37. The van der Waals surface area contributed by atoms with Gasteiger partial charge >= 0.3 is 0 Å². The maximum absolute atomic E-state index is 12.5. The number of amides is 1. The molecule has 1 aromatic rings. The second kappa shape index (κ2) is 10.2. The van der Waals surface area contributed by atoms with Gasteiger partial charge in [-0.2, -0.15) is 11.8 Å². The van der Waals surface area contributed by atoms with Crippen LogP contribution in [0.15, 0.2) is 30.3 Å². The van der Waals surface area contributed by atoms with Crippen LogP contribution in [0.1, 0.15) is 12.8 Å². The Morgan fingerprint density at radius 1 is 1.35 bits per heavy atom. The molecule has 2 fully saturated rings. The van der Waals surface area contributed by atoms with E-state index in [1.165, 1.54) is 17.9 Å². The van der Waals surface area contributed by atoms with Gasteiger partial charge in [-0.05, 0) is 36.6 Å². The van der Waals surface area contributed by atoms with Crippen molar-refractivity contribution in [1.29, 1.82) is 0 Å². The van der Waals surface area contributed by atoms with Gasteiger partial charge in [0.25, 0.3) is 0 Å². The number of hydrogen-bond acceptors (Lipinski definition) is 5. The number of ether oxygens (including phenoxy) is 1. The Labute approximate surface area is 161 Å². The Morgan fingerprint density at radius 2 is 2.19 bits per heavy atom. The van der Waals surface area contributed by atoms with Crippen molar-refractivity contribution >= 4 is 23.4 Å². The number of thioether (sulfide) groups is 1. The zero-order valence-corrected chi connectivity index (χ0v) is 16.5. The number of nitrogens with zero attached hydrogens (tertiary/aromatic N) is 2. The van der Waals surface area contributed by atoms with Crippen molar-refractivity contribution in [2.45, 2.75) is 18.9 Å². The van der Waals surface area contributed by atoms with Crippen molar-refractivity contribution in [3.63, 3.8) is 0 Å². The summed E-state index contributed by atoms with van der Waals surface area (Å²) in [5, 5.41) is 3.17. The Bertz CT molecular complexity index is 551. The first-order valence-electron chi connectivity index (χ1n) is 9.63. The summed E-state index contributed by atoms with van der Waals surface area (Å²) in [5.41, 5.74) is 1.28. The lowest BCUT2D eigenvalue weighted by Crippen LogP contribution is -2.45. The molecule has 0 aliphatic carbocycles. The summed E-state index contributed by atoms with van der Waals surface area (Å²) in [5.74, 6) is 3.02. The molecule has 1 aromatic carbocycles. The van der Waals surface area contributed by atoms with E-state index < -0.39 is 0 Å². The van der Waals surface area contributed by atoms with Gasteiger partial charge < -0.3 is 15.0 Å². The summed E-state index contributed by atoms with van der Waals surface area (Å²) in [6, 6.07) is 11.1. The molecule has 0 saturated carbocycles. The minimum absolute atomic E-state index is 0.149. The highest BCUT2D eigenvalue weighted by Crippen LogP contribution is 2.23. The van der Waals surface area contributed by atoms with Gasteiger partial charge in [-0.3, -0.25) is 9.69 Å². The molecule has 144 valence electrons. The molecule has 0 unspecified atom stereocenters. The number of carbonyl (C=O) groups is 1. The molecule has 0 spiro atoms. The van der Waals surface area contributed by atoms with Crippen LogP contribution in [0.25, 0.3) is 0 Å². The highest BCUT2D eigenvalue weighted by Gasteiger charge is 2.26. The lowest BCUT2D eigenvalue weighted by molar-refractivity contribution is -0.123. The topological polar surface area (TPSA) is 44.8 Å². The van der Waals surface area contributed by atoms with Crippen LogP contribution in [0.4, 0.5) is 5.69 Å². The van der Waals surface area contributed by atoms with Gasteiger partial charge in [0.05, 0.1) is 13.2 Å². The summed E-state index contributed by atoms with van der Waals surface area (Å²) in [6.45, 7) is 4.88. The molecule has 2 atom stereocenters. The fourth-order valence-electron chi connectivity index (χ4n) is 3.78. The third-order valence-corrected chi connectivity index (χ3v) is 6.49. The predicted molar refractivity (Wildman–Crippen MR) is 109 cm³/mol. The monoisotopic (exact) mass is 377 g/mol. The lowest BCUT2D eigenvalue weighted by Gasteiger charge is -2.27. The van der Waals surface area contributed by atoms with Gasteiger partial charge in [-0.25, -0.2) is 0 Å². The largest absolute Gasteiger partial charge is 0.383 e. The van der Waals surface area contributed by atoms with Crippen LogP contribution in [0, 0.1) is 5.92 Å². The van der Waals surface area contributed by atoms with Crippen LogP contribution in [0.2, 0.25) is 0 Å². The van der Waals surface area contributed by atoms with Crippen molar-refractivity contribution in [3.05, 3.63) is 30.3 Å². The molecule has 2 saturated heterocycles. The minimum atomic E-state index is 0.149. The Hall–Kier alpha value is -1.24. The lowest BCUT2D eigenvalue weighted by atomic mass is 10.1. The van der Waals surface area contributed by atoms with Gasteiger partial charge in [0.1, 0.15) is 0 Å². The van der Waals surface area contributed by atoms with E-state index in [1.807, 2.05) is 11.8 Å².